The fourth-order valence-corrected chi connectivity index (χ4v) is 7.86. The molecule has 0 aliphatic heterocycles. The minimum absolute atomic E-state index is 0.762. The minimum atomic E-state index is -1.75. The van der Waals surface area contributed by atoms with E-state index < -0.39 is 9.28 Å². The maximum atomic E-state index is 6.52. The van der Waals surface area contributed by atoms with Gasteiger partial charge in [-0.3, -0.25) is 0 Å². The lowest BCUT2D eigenvalue weighted by atomic mass is 9.78. The first-order valence-electron chi connectivity index (χ1n) is 12.3. The van der Waals surface area contributed by atoms with Crippen LogP contribution in [0.5, 0.6) is 0 Å². The zero-order valence-corrected chi connectivity index (χ0v) is 19.7. The average Bonchev–Trinajstić information content (AvgIpc) is 2.73. The first-order chi connectivity index (χ1) is 13.3. The smallest absolute Gasteiger partial charge is 0.351 e. The molecule has 158 valence electrons. The number of hydrogen-bond donors (Lipinski definition) is 0. The van der Waals surface area contributed by atoms with E-state index in [4.69, 9.17) is 8.85 Å². The van der Waals surface area contributed by atoms with E-state index in [9.17, 15) is 0 Å². The second-order valence-electron chi connectivity index (χ2n) is 8.83. The Hall–Kier alpha value is -0.123. The molecular formula is C24H46O2Si. The van der Waals surface area contributed by atoms with Crippen LogP contribution in [0.15, 0.2) is 10.8 Å². The molecule has 0 aromatic heterocycles. The third-order valence-corrected chi connectivity index (χ3v) is 8.94. The van der Waals surface area contributed by atoms with Crippen LogP contribution in [-0.4, -0.2) is 22.5 Å². The maximum absolute atomic E-state index is 6.52. The van der Waals surface area contributed by atoms with Crippen LogP contribution in [0.1, 0.15) is 117 Å². The molecule has 0 spiro atoms. The van der Waals surface area contributed by atoms with Crippen LogP contribution < -0.4 is 0 Å². The standard InChI is InChI=1S/C24H46O2Si/c1-4-7-18-23(21-14-10-8-11-15-21)24(22-16-12-9-13-17-22)27(25-19-5-2)26-20-6-3/h21-22,27H,4-20H2,1-3H3. The molecule has 0 heterocycles. The third-order valence-electron chi connectivity index (χ3n) is 6.51. The quantitative estimate of drug-likeness (QED) is 0.325. The van der Waals surface area contributed by atoms with E-state index in [1.54, 1.807) is 5.20 Å². The molecule has 0 aromatic rings. The van der Waals surface area contributed by atoms with Crippen molar-refractivity contribution in [3.05, 3.63) is 10.8 Å². The lowest BCUT2D eigenvalue weighted by Crippen LogP contribution is -2.34. The second kappa shape index (κ2) is 14.0. The van der Waals surface area contributed by atoms with Gasteiger partial charge in [-0.15, -0.1) is 0 Å². The molecule has 0 amide bonds. The van der Waals surface area contributed by atoms with Crippen molar-refractivity contribution in [2.75, 3.05) is 13.2 Å². The highest BCUT2D eigenvalue weighted by atomic mass is 28.3. The van der Waals surface area contributed by atoms with Gasteiger partial charge < -0.3 is 8.85 Å². The van der Waals surface area contributed by atoms with E-state index in [1.165, 1.54) is 83.5 Å². The Bertz CT molecular complexity index is 401. The fraction of sp³-hybridized carbons (Fsp3) is 0.917. The zero-order valence-electron chi connectivity index (χ0n) is 18.6. The molecule has 2 fully saturated rings. The van der Waals surface area contributed by atoms with Crippen LogP contribution in [0.4, 0.5) is 0 Å². The SMILES string of the molecule is CCCCC(=C(C1CCCCC1)[SiH](OCCC)OCCC)C1CCCCC1. The average molecular weight is 395 g/mol. The van der Waals surface area contributed by atoms with E-state index in [1.807, 2.05) is 5.57 Å². The molecule has 0 unspecified atom stereocenters. The first-order valence-corrected chi connectivity index (χ1v) is 13.8. The highest BCUT2D eigenvalue weighted by molar-refractivity contribution is 6.54. The topological polar surface area (TPSA) is 18.5 Å². The van der Waals surface area contributed by atoms with Crippen LogP contribution in [0, 0.1) is 11.8 Å². The van der Waals surface area contributed by atoms with Gasteiger partial charge in [0.25, 0.3) is 0 Å². The second-order valence-corrected chi connectivity index (χ2v) is 10.8. The van der Waals surface area contributed by atoms with Gasteiger partial charge in [-0.1, -0.05) is 71.3 Å². The lowest BCUT2D eigenvalue weighted by Gasteiger charge is -2.35. The van der Waals surface area contributed by atoms with Crippen LogP contribution in [0.2, 0.25) is 0 Å². The molecule has 0 atom stereocenters. The molecule has 0 N–H and O–H groups in total. The molecule has 0 bridgehead atoms. The highest BCUT2D eigenvalue weighted by Gasteiger charge is 2.33. The molecule has 27 heavy (non-hydrogen) atoms. The summed E-state index contributed by atoms with van der Waals surface area (Å²) in [6.07, 6.45) is 20.3. The van der Waals surface area contributed by atoms with Crippen molar-refractivity contribution in [1.82, 2.24) is 0 Å². The van der Waals surface area contributed by atoms with Crippen molar-refractivity contribution >= 4 is 9.28 Å². The number of rotatable bonds is 12. The summed E-state index contributed by atoms with van der Waals surface area (Å²) in [7, 11) is -1.75. The molecule has 0 saturated heterocycles. The van der Waals surface area contributed by atoms with E-state index >= 15 is 0 Å². The Morgan fingerprint density at radius 3 is 1.70 bits per heavy atom. The summed E-state index contributed by atoms with van der Waals surface area (Å²) in [6, 6.07) is 0. The van der Waals surface area contributed by atoms with Crippen LogP contribution in [0.3, 0.4) is 0 Å². The summed E-state index contributed by atoms with van der Waals surface area (Å²) in [6.45, 7) is 8.56. The minimum Gasteiger partial charge on any atom is -0.393 e. The summed E-state index contributed by atoms with van der Waals surface area (Å²) in [5.74, 6) is 1.59. The number of hydrogen-bond acceptors (Lipinski definition) is 2. The van der Waals surface area contributed by atoms with Crippen molar-refractivity contribution in [1.29, 1.82) is 0 Å². The first kappa shape index (κ1) is 23.2. The highest BCUT2D eigenvalue weighted by Crippen LogP contribution is 2.41. The Morgan fingerprint density at radius 2 is 1.22 bits per heavy atom. The molecule has 2 aliphatic rings. The predicted molar refractivity (Wildman–Crippen MR) is 119 cm³/mol. The Labute approximate surface area is 171 Å². The Morgan fingerprint density at radius 1 is 0.704 bits per heavy atom. The molecule has 0 aromatic carbocycles. The third kappa shape index (κ3) is 7.66. The van der Waals surface area contributed by atoms with Crippen molar-refractivity contribution in [3.63, 3.8) is 0 Å². The maximum Gasteiger partial charge on any atom is 0.351 e. The van der Waals surface area contributed by atoms with E-state index in [-0.39, 0.29) is 0 Å². The Balaban J connectivity index is 2.36. The van der Waals surface area contributed by atoms with Crippen LogP contribution in [-0.2, 0) is 8.85 Å². The largest absolute Gasteiger partial charge is 0.393 e. The van der Waals surface area contributed by atoms with Gasteiger partial charge in [0.05, 0.1) is 0 Å². The monoisotopic (exact) mass is 394 g/mol. The molecule has 2 rings (SSSR count). The van der Waals surface area contributed by atoms with Gasteiger partial charge in [0.15, 0.2) is 0 Å². The van der Waals surface area contributed by atoms with Crippen molar-refractivity contribution < 1.29 is 8.85 Å². The summed E-state index contributed by atoms with van der Waals surface area (Å²) < 4.78 is 13.0. The van der Waals surface area contributed by atoms with Gasteiger partial charge in [-0.05, 0) is 68.4 Å². The number of unbranched alkanes of at least 4 members (excludes halogenated alkanes) is 1. The van der Waals surface area contributed by atoms with Gasteiger partial charge in [-0.2, -0.15) is 0 Å². The molecule has 0 radical (unpaired) electrons. The molecule has 2 aliphatic carbocycles. The van der Waals surface area contributed by atoms with Crippen molar-refractivity contribution in [2.24, 2.45) is 11.8 Å². The summed E-state index contributed by atoms with van der Waals surface area (Å²) in [5.41, 5.74) is 1.83. The molecule has 2 saturated carbocycles. The molecule has 2 nitrogen and oxygen atoms in total. The normalized spacial score (nSPS) is 20.9. The van der Waals surface area contributed by atoms with Gasteiger partial charge in [-0.25, -0.2) is 0 Å². The fourth-order valence-electron chi connectivity index (χ4n) is 5.10. The Kier molecular flexibility index (Phi) is 12.0. The van der Waals surface area contributed by atoms with Crippen LogP contribution >= 0.6 is 0 Å². The van der Waals surface area contributed by atoms with Gasteiger partial charge in [0.2, 0.25) is 0 Å². The van der Waals surface area contributed by atoms with E-state index in [0.29, 0.717) is 0 Å². The van der Waals surface area contributed by atoms with Crippen molar-refractivity contribution in [3.8, 4) is 0 Å². The molecule has 3 heteroatoms. The molecular weight excluding hydrogens is 348 g/mol. The summed E-state index contributed by atoms with van der Waals surface area (Å²) in [4.78, 5) is 0. The van der Waals surface area contributed by atoms with Crippen LogP contribution in [0.25, 0.3) is 0 Å². The van der Waals surface area contributed by atoms with Gasteiger partial charge >= 0.3 is 9.28 Å². The van der Waals surface area contributed by atoms with E-state index in [0.717, 1.165) is 37.9 Å². The zero-order chi connectivity index (χ0) is 19.3. The van der Waals surface area contributed by atoms with Gasteiger partial charge in [0.1, 0.15) is 0 Å². The lowest BCUT2D eigenvalue weighted by molar-refractivity contribution is 0.197. The van der Waals surface area contributed by atoms with Gasteiger partial charge in [0, 0.05) is 13.2 Å². The summed E-state index contributed by atoms with van der Waals surface area (Å²) in [5, 5.41) is 1.75. The predicted octanol–water partition coefficient (Wildman–Crippen LogP) is 7.25. The summed E-state index contributed by atoms with van der Waals surface area (Å²) >= 11 is 0. The van der Waals surface area contributed by atoms with Crippen molar-refractivity contribution in [2.45, 2.75) is 117 Å². The van der Waals surface area contributed by atoms with E-state index in [2.05, 4.69) is 20.8 Å². The number of allylic oxidation sites excluding steroid dienone is 2.